The third-order valence-corrected chi connectivity index (χ3v) is 6.09. The van der Waals surface area contributed by atoms with Crippen LogP contribution in [0.5, 0.6) is 5.75 Å². The lowest BCUT2D eigenvalue weighted by molar-refractivity contribution is -0.187. The van der Waals surface area contributed by atoms with Gasteiger partial charge in [-0.2, -0.15) is 20.5 Å². The van der Waals surface area contributed by atoms with Gasteiger partial charge in [-0.1, -0.05) is 12.0 Å². The van der Waals surface area contributed by atoms with E-state index in [1.54, 1.807) is 30.6 Å². The highest BCUT2D eigenvalue weighted by molar-refractivity contribution is 7.98. The molecule has 0 saturated carbocycles. The Morgan fingerprint density at radius 2 is 2.06 bits per heavy atom. The van der Waals surface area contributed by atoms with Crippen molar-refractivity contribution in [2.45, 2.75) is 29.7 Å². The van der Waals surface area contributed by atoms with E-state index in [4.69, 9.17) is 4.74 Å². The lowest BCUT2D eigenvalue weighted by atomic mass is 10.1. The smallest absolute Gasteiger partial charge is 0.425 e. The van der Waals surface area contributed by atoms with Crippen molar-refractivity contribution in [3.8, 4) is 17.6 Å². The highest BCUT2D eigenvalue weighted by Crippen LogP contribution is 2.27. The van der Waals surface area contributed by atoms with E-state index in [1.807, 2.05) is 12.3 Å². The summed E-state index contributed by atoms with van der Waals surface area (Å²) in [5.74, 6) is 3.78. The molecule has 2 unspecified atom stereocenters. The van der Waals surface area contributed by atoms with Gasteiger partial charge in [-0.3, -0.25) is 15.1 Å². The maximum absolute atomic E-state index is 14.7. The predicted octanol–water partition coefficient (Wildman–Crippen LogP) is 4.39. The van der Waals surface area contributed by atoms with Gasteiger partial charge in [0.2, 0.25) is 0 Å². The van der Waals surface area contributed by atoms with Crippen LogP contribution >= 0.6 is 23.5 Å². The number of thioether (sulfide) groups is 2. The maximum atomic E-state index is 14.7. The number of halogens is 2. The minimum atomic E-state index is -3.64. The van der Waals surface area contributed by atoms with Crippen LogP contribution in [0.4, 0.5) is 8.78 Å². The third-order valence-electron chi connectivity index (χ3n) is 4.17. The monoisotopic (exact) mass is 466 g/mol. The number of alkyl halides is 2. The average Bonchev–Trinajstić information content (AvgIpc) is 2.76. The standard InChI is InChI=1S/C22H24F2N2O3S2/c1-3-5-20(22(23,24)29-18-7-9-19(30-2)10-8-18)26-13-17(21(27)28)15-31-14-16-6-4-11-25-12-16/h4,6-12,17,20,26H,13-15H2,1-2H3,(H,27,28). The number of nitrogens with one attached hydrogen (secondary N) is 1. The molecule has 1 aromatic carbocycles. The lowest BCUT2D eigenvalue weighted by Gasteiger charge is -2.25. The second-order valence-electron chi connectivity index (χ2n) is 6.49. The molecule has 0 bridgehead atoms. The molecule has 2 aromatic rings. The molecule has 31 heavy (non-hydrogen) atoms. The molecule has 0 aliphatic heterocycles. The van der Waals surface area contributed by atoms with Crippen molar-refractivity contribution in [1.82, 2.24) is 10.3 Å². The van der Waals surface area contributed by atoms with Crippen molar-refractivity contribution < 1.29 is 23.4 Å². The number of nitrogens with zero attached hydrogens (tertiary/aromatic N) is 1. The molecule has 2 rings (SSSR count). The van der Waals surface area contributed by atoms with Crippen LogP contribution in [0.3, 0.4) is 0 Å². The normalized spacial score (nSPS) is 13.0. The molecule has 0 spiro atoms. The van der Waals surface area contributed by atoms with Crippen molar-refractivity contribution in [2.24, 2.45) is 5.92 Å². The van der Waals surface area contributed by atoms with Crippen LogP contribution in [0.2, 0.25) is 0 Å². The lowest BCUT2D eigenvalue weighted by Crippen LogP contribution is -2.50. The Kier molecular flexibility index (Phi) is 10.1. The number of aromatic nitrogens is 1. The van der Waals surface area contributed by atoms with Gasteiger partial charge in [-0.05, 0) is 49.1 Å². The summed E-state index contributed by atoms with van der Waals surface area (Å²) in [7, 11) is 0. The van der Waals surface area contributed by atoms with E-state index in [2.05, 4.69) is 22.1 Å². The summed E-state index contributed by atoms with van der Waals surface area (Å²) < 4.78 is 34.3. The number of hydrogen-bond acceptors (Lipinski definition) is 6. The van der Waals surface area contributed by atoms with Gasteiger partial charge < -0.3 is 9.84 Å². The molecule has 166 valence electrons. The molecule has 1 heterocycles. The van der Waals surface area contributed by atoms with Gasteiger partial charge in [0.05, 0.1) is 5.92 Å². The summed E-state index contributed by atoms with van der Waals surface area (Å²) in [5, 5.41) is 12.1. The third kappa shape index (κ3) is 8.40. The molecular formula is C22H24F2N2O3S2. The first-order valence-corrected chi connectivity index (χ1v) is 11.8. The largest absolute Gasteiger partial charge is 0.481 e. The van der Waals surface area contributed by atoms with Crippen molar-refractivity contribution in [1.29, 1.82) is 0 Å². The van der Waals surface area contributed by atoms with E-state index in [0.29, 0.717) is 5.75 Å². The zero-order valence-electron chi connectivity index (χ0n) is 17.2. The molecule has 1 aromatic heterocycles. The Morgan fingerprint density at radius 3 is 2.65 bits per heavy atom. The predicted molar refractivity (Wildman–Crippen MR) is 121 cm³/mol. The Hall–Kier alpha value is -2.28. The number of rotatable bonds is 12. The fourth-order valence-electron chi connectivity index (χ4n) is 2.54. The van der Waals surface area contributed by atoms with Gasteiger partial charge in [0.25, 0.3) is 0 Å². The molecule has 0 fully saturated rings. The molecule has 0 aliphatic carbocycles. The minimum Gasteiger partial charge on any atom is -0.481 e. The Labute approximate surface area is 189 Å². The molecule has 0 saturated heterocycles. The van der Waals surface area contributed by atoms with Gasteiger partial charge in [-0.15, -0.1) is 17.7 Å². The van der Waals surface area contributed by atoms with E-state index in [-0.39, 0.29) is 18.0 Å². The molecule has 5 nitrogen and oxygen atoms in total. The van der Waals surface area contributed by atoms with Crippen LogP contribution in [0.25, 0.3) is 0 Å². The summed E-state index contributed by atoms with van der Waals surface area (Å²) in [6.45, 7) is 1.27. The second kappa shape index (κ2) is 12.5. The first-order valence-electron chi connectivity index (χ1n) is 9.41. The second-order valence-corrected chi connectivity index (χ2v) is 8.40. The number of carbonyl (C=O) groups is 1. The summed E-state index contributed by atoms with van der Waals surface area (Å²) >= 11 is 2.89. The van der Waals surface area contributed by atoms with E-state index in [9.17, 15) is 18.7 Å². The van der Waals surface area contributed by atoms with Crippen LogP contribution in [0.1, 0.15) is 12.5 Å². The van der Waals surface area contributed by atoms with Crippen LogP contribution in [-0.2, 0) is 10.5 Å². The number of pyridine rings is 1. The number of carboxylic acid groups (broad SMARTS) is 1. The number of hydrogen-bond donors (Lipinski definition) is 2. The maximum Gasteiger partial charge on any atom is 0.425 e. The van der Waals surface area contributed by atoms with Crippen LogP contribution in [-0.4, -0.2) is 46.8 Å². The van der Waals surface area contributed by atoms with Crippen LogP contribution in [0, 0.1) is 17.8 Å². The molecule has 2 N–H and O–H groups in total. The molecule has 0 amide bonds. The Bertz CT molecular complexity index is 887. The van der Waals surface area contributed by atoms with E-state index in [0.717, 1.165) is 10.5 Å². The fraction of sp³-hybridized carbons (Fsp3) is 0.364. The van der Waals surface area contributed by atoms with E-state index < -0.39 is 24.0 Å². The molecular weight excluding hydrogens is 442 g/mol. The highest BCUT2D eigenvalue weighted by atomic mass is 32.2. The molecule has 2 atom stereocenters. The molecule has 9 heteroatoms. The average molecular weight is 467 g/mol. The molecule has 0 radical (unpaired) electrons. The van der Waals surface area contributed by atoms with Crippen LogP contribution < -0.4 is 10.1 Å². The van der Waals surface area contributed by atoms with Crippen molar-refractivity contribution in [3.63, 3.8) is 0 Å². The van der Waals surface area contributed by atoms with E-state index in [1.165, 1.54) is 42.6 Å². The minimum absolute atomic E-state index is 0.00862. The zero-order valence-corrected chi connectivity index (χ0v) is 18.8. The summed E-state index contributed by atoms with van der Waals surface area (Å²) in [6.07, 6.45) is 1.61. The Morgan fingerprint density at radius 1 is 1.32 bits per heavy atom. The molecule has 0 aliphatic rings. The quantitative estimate of drug-likeness (QED) is 0.355. The van der Waals surface area contributed by atoms with Gasteiger partial charge >= 0.3 is 12.1 Å². The van der Waals surface area contributed by atoms with Crippen molar-refractivity contribution >= 4 is 29.5 Å². The Balaban J connectivity index is 1.96. The SMILES string of the molecule is CC#CC(NCC(CSCc1cccnc1)C(=O)O)C(F)(F)Oc1ccc(SC)cc1. The van der Waals surface area contributed by atoms with Crippen LogP contribution in [0.15, 0.2) is 53.7 Å². The van der Waals surface area contributed by atoms with E-state index >= 15 is 0 Å². The van der Waals surface area contributed by atoms with Crippen molar-refractivity contribution in [3.05, 3.63) is 54.4 Å². The first kappa shape index (κ1) is 25.0. The van der Waals surface area contributed by atoms with Gasteiger partial charge in [0.15, 0.2) is 6.04 Å². The number of aliphatic carboxylic acids is 1. The summed E-state index contributed by atoms with van der Waals surface area (Å²) in [5.41, 5.74) is 0.965. The highest BCUT2D eigenvalue weighted by Gasteiger charge is 2.42. The topological polar surface area (TPSA) is 71.5 Å². The van der Waals surface area contributed by atoms with Crippen molar-refractivity contribution in [2.75, 3.05) is 18.6 Å². The van der Waals surface area contributed by atoms with Gasteiger partial charge in [0, 0.05) is 35.3 Å². The number of benzene rings is 1. The number of ether oxygens (including phenoxy) is 1. The fourth-order valence-corrected chi connectivity index (χ4v) is 4.02. The number of carboxylic acids is 1. The van der Waals surface area contributed by atoms with Gasteiger partial charge in [0.1, 0.15) is 5.75 Å². The zero-order chi connectivity index (χ0) is 22.7. The summed E-state index contributed by atoms with van der Waals surface area (Å²) in [6, 6.07) is 8.34. The first-order chi connectivity index (χ1) is 14.9. The van der Waals surface area contributed by atoms with Gasteiger partial charge in [-0.25, -0.2) is 0 Å². The summed E-state index contributed by atoms with van der Waals surface area (Å²) in [4.78, 5) is 16.5.